The highest BCUT2D eigenvalue weighted by molar-refractivity contribution is 5.66. The van der Waals surface area contributed by atoms with Crippen LogP contribution >= 0.6 is 0 Å². The number of aromatic nitrogens is 2. The molecule has 8 heteroatoms. The lowest BCUT2D eigenvalue weighted by Gasteiger charge is -2.33. The van der Waals surface area contributed by atoms with Crippen molar-refractivity contribution in [3.63, 3.8) is 0 Å². The minimum absolute atomic E-state index is 0.232. The third-order valence-electron chi connectivity index (χ3n) is 4.51. The Morgan fingerprint density at radius 2 is 1.88 bits per heavy atom. The van der Waals surface area contributed by atoms with E-state index in [0.29, 0.717) is 24.7 Å². The first-order chi connectivity index (χ1) is 12.6. The average molecular weight is 360 g/mol. The van der Waals surface area contributed by atoms with E-state index in [9.17, 15) is 4.79 Å². The molecule has 1 saturated heterocycles. The maximum absolute atomic E-state index is 10.6. The molecule has 1 aliphatic heterocycles. The number of hydrogen-bond donors (Lipinski definition) is 1. The van der Waals surface area contributed by atoms with Crippen LogP contribution in [0.5, 0.6) is 5.75 Å². The van der Waals surface area contributed by atoms with Gasteiger partial charge in [-0.25, -0.2) is 0 Å². The summed E-state index contributed by atoms with van der Waals surface area (Å²) in [5, 5.41) is 12.8. The fourth-order valence-electron chi connectivity index (χ4n) is 2.99. The molecule has 1 aromatic carbocycles. The quantitative estimate of drug-likeness (QED) is 0.761. The van der Waals surface area contributed by atoms with E-state index >= 15 is 0 Å². The number of nitrogens with zero attached hydrogens (tertiary/aromatic N) is 4. The van der Waals surface area contributed by atoms with Crippen LogP contribution in [0.15, 0.2) is 28.8 Å². The SMILES string of the molecule is COc1ccc(-c2noc(CN3CCN(CCCC(=O)O)CC3)n2)cc1. The van der Waals surface area contributed by atoms with Gasteiger partial charge in [-0.3, -0.25) is 9.69 Å². The van der Waals surface area contributed by atoms with Crippen LogP contribution < -0.4 is 4.74 Å². The van der Waals surface area contributed by atoms with Gasteiger partial charge in [-0.15, -0.1) is 0 Å². The molecule has 0 radical (unpaired) electrons. The number of carboxylic acid groups (broad SMARTS) is 1. The molecular formula is C18H24N4O4. The van der Waals surface area contributed by atoms with Gasteiger partial charge in [0.1, 0.15) is 5.75 Å². The topological polar surface area (TPSA) is 91.9 Å². The number of piperazine rings is 1. The highest BCUT2D eigenvalue weighted by atomic mass is 16.5. The largest absolute Gasteiger partial charge is 0.497 e. The average Bonchev–Trinajstić information content (AvgIpc) is 3.11. The molecule has 1 aromatic heterocycles. The smallest absolute Gasteiger partial charge is 0.303 e. The minimum Gasteiger partial charge on any atom is -0.497 e. The van der Waals surface area contributed by atoms with Crippen molar-refractivity contribution < 1.29 is 19.2 Å². The fourth-order valence-corrected chi connectivity index (χ4v) is 2.99. The van der Waals surface area contributed by atoms with Crippen LogP contribution in [-0.2, 0) is 11.3 Å². The molecule has 2 aromatic rings. The van der Waals surface area contributed by atoms with Crippen LogP contribution in [0, 0.1) is 0 Å². The summed E-state index contributed by atoms with van der Waals surface area (Å²) >= 11 is 0. The van der Waals surface area contributed by atoms with Gasteiger partial charge in [-0.1, -0.05) is 5.16 Å². The molecule has 3 rings (SSSR count). The molecule has 0 atom stereocenters. The minimum atomic E-state index is -0.729. The second-order valence-electron chi connectivity index (χ2n) is 6.36. The summed E-state index contributed by atoms with van der Waals surface area (Å²) in [6, 6.07) is 7.55. The van der Waals surface area contributed by atoms with Gasteiger partial charge in [-0.05, 0) is 37.2 Å². The Hall–Kier alpha value is -2.45. The molecule has 8 nitrogen and oxygen atoms in total. The highest BCUT2D eigenvalue weighted by Gasteiger charge is 2.19. The van der Waals surface area contributed by atoms with Crippen molar-refractivity contribution >= 4 is 5.97 Å². The molecule has 0 aliphatic carbocycles. The number of rotatable bonds is 8. The van der Waals surface area contributed by atoms with E-state index in [1.807, 2.05) is 24.3 Å². The molecule has 140 valence electrons. The molecule has 0 amide bonds. The maximum atomic E-state index is 10.6. The molecule has 0 unspecified atom stereocenters. The number of carbonyl (C=O) groups is 1. The summed E-state index contributed by atoms with van der Waals surface area (Å²) in [5.74, 6) is 1.25. The maximum Gasteiger partial charge on any atom is 0.303 e. The van der Waals surface area contributed by atoms with Gasteiger partial charge >= 0.3 is 5.97 Å². The zero-order valence-electron chi connectivity index (χ0n) is 14.9. The lowest BCUT2D eigenvalue weighted by Crippen LogP contribution is -2.46. The zero-order chi connectivity index (χ0) is 18.4. The number of methoxy groups -OCH3 is 1. The van der Waals surface area contributed by atoms with Gasteiger partial charge in [0.25, 0.3) is 0 Å². The Morgan fingerprint density at radius 3 is 2.54 bits per heavy atom. The van der Waals surface area contributed by atoms with Crippen molar-refractivity contribution in [3.05, 3.63) is 30.2 Å². The number of hydrogen-bond acceptors (Lipinski definition) is 7. The van der Waals surface area contributed by atoms with E-state index < -0.39 is 5.97 Å². The highest BCUT2D eigenvalue weighted by Crippen LogP contribution is 2.20. The Balaban J connectivity index is 1.47. The molecule has 0 spiro atoms. The lowest BCUT2D eigenvalue weighted by molar-refractivity contribution is -0.137. The summed E-state index contributed by atoms with van der Waals surface area (Å²) in [6.45, 7) is 5.15. The summed E-state index contributed by atoms with van der Waals surface area (Å²) < 4.78 is 10.5. The summed E-state index contributed by atoms with van der Waals surface area (Å²) in [4.78, 5) is 19.6. The molecular weight excluding hydrogens is 336 g/mol. The van der Waals surface area contributed by atoms with Crippen molar-refractivity contribution in [2.45, 2.75) is 19.4 Å². The predicted octanol–water partition coefficient (Wildman–Crippen LogP) is 1.73. The molecule has 1 N–H and O–H groups in total. The number of ether oxygens (including phenoxy) is 1. The molecule has 2 heterocycles. The van der Waals surface area contributed by atoms with Crippen molar-refractivity contribution in [2.75, 3.05) is 39.8 Å². The molecule has 0 saturated carbocycles. The van der Waals surface area contributed by atoms with E-state index in [0.717, 1.165) is 44.0 Å². The van der Waals surface area contributed by atoms with Crippen LogP contribution in [0.3, 0.4) is 0 Å². The van der Waals surface area contributed by atoms with Crippen molar-refractivity contribution in [2.24, 2.45) is 0 Å². The van der Waals surface area contributed by atoms with Gasteiger partial charge in [0, 0.05) is 38.2 Å². The van der Waals surface area contributed by atoms with Crippen LogP contribution in [0.1, 0.15) is 18.7 Å². The van der Waals surface area contributed by atoms with E-state index in [2.05, 4.69) is 19.9 Å². The second-order valence-corrected chi connectivity index (χ2v) is 6.36. The van der Waals surface area contributed by atoms with E-state index in [1.165, 1.54) is 0 Å². The number of aliphatic carboxylic acids is 1. The first kappa shape index (κ1) is 18.3. The van der Waals surface area contributed by atoms with Crippen LogP contribution in [0.4, 0.5) is 0 Å². The fraction of sp³-hybridized carbons (Fsp3) is 0.500. The van der Waals surface area contributed by atoms with E-state index in [1.54, 1.807) is 7.11 Å². The van der Waals surface area contributed by atoms with E-state index in [4.69, 9.17) is 14.4 Å². The van der Waals surface area contributed by atoms with Crippen molar-refractivity contribution in [1.82, 2.24) is 19.9 Å². The third kappa shape index (κ3) is 5.03. The van der Waals surface area contributed by atoms with Crippen molar-refractivity contribution in [1.29, 1.82) is 0 Å². The van der Waals surface area contributed by atoms with Gasteiger partial charge < -0.3 is 19.3 Å². The van der Waals surface area contributed by atoms with Crippen molar-refractivity contribution in [3.8, 4) is 17.1 Å². The Labute approximate surface area is 152 Å². The number of carboxylic acids is 1. The van der Waals surface area contributed by atoms with Gasteiger partial charge in [0.05, 0.1) is 13.7 Å². The zero-order valence-corrected chi connectivity index (χ0v) is 14.9. The van der Waals surface area contributed by atoms with Crippen LogP contribution in [0.2, 0.25) is 0 Å². The summed E-state index contributed by atoms with van der Waals surface area (Å²) in [7, 11) is 1.63. The summed E-state index contributed by atoms with van der Waals surface area (Å²) in [5.41, 5.74) is 0.893. The Kier molecular flexibility index (Phi) is 6.19. The van der Waals surface area contributed by atoms with Gasteiger partial charge in [0.2, 0.25) is 11.7 Å². The van der Waals surface area contributed by atoms with E-state index in [-0.39, 0.29) is 6.42 Å². The Morgan fingerprint density at radius 1 is 1.19 bits per heavy atom. The molecule has 1 aliphatic rings. The first-order valence-corrected chi connectivity index (χ1v) is 8.77. The van der Waals surface area contributed by atoms with Crippen LogP contribution in [0.25, 0.3) is 11.4 Å². The number of benzene rings is 1. The second kappa shape index (κ2) is 8.77. The van der Waals surface area contributed by atoms with Gasteiger partial charge in [0.15, 0.2) is 0 Å². The third-order valence-corrected chi connectivity index (χ3v) is 4.51. The Bertz CT molecular complexity index is 708. The standard InChI is InChI=1S/C18H24N4O4/c1-25-15-6-4-14(5-7-15)18-19-16(26-20-18)13-22-11-9-21(10-12-22)8-2-3-17(23)24/h4-7H,2-3,8-13H2,1H3,(H,23,24). The summed E-state index contributed by atoms with van der Waals surface area (Å²) in [6.07, 6.45) is 0.931. The first-order valence-electron chi connectivity index (χ1n) is 8.77. The predicted molar refractivity (Wildman–Crippen MR) is 94.9 cm³/mol. The molecule has 1 fully saturated rings. The monoisotopic (exact) mass is 360 g/mol. The van der Waals surface area contributed by atoms with Gasteiger partial charge in [-0.2, -0.15) is 4.98 Å². The van der Waals surface area contributed by atoms with Crippen LogP contribution in [-0.4, -0.2) is 70.8 Å². The normalized spacial score (nSPS) is 15.9. The molecule has 26 heavy (non-hydrogen) atoms. The lowest BCUT2D eigenvalue weighted by atomic mass is 10.2. The molecule has 0 bridgehead atoms.